The van der Waals surface area contributed by atoms with Gasteiger partial charge in [0.05, 0.1) is 10.0 Å². The summed E-state index contributed by atoms with van der Waals surface area (Å²) >= 11 is 18.1. The molecule has 0 spiro atoms. The van der Waals surface area contributed by atoms with Crippen LogP contribution in [0.5, 0.6) is 11.5 Å². The van der Waals surface area contributed by atoms with Gasteiger partial charge in [-0.25, -0.2) is 0 Å². The van der Waals surface area contributed by atoms with Crippen LogP contribution in [0.15, 0.2) is 36.4 Å². The molecular weight excluding hydrogens is 321 g/mol. The maximum absolute atomic E-state index is 11.0. The van der Waals surface area contributed by atoms with Crippen LogP contribution in [0.1, 0.15) is 6.92 Å². The first-order valence-electron chi connectivity index (χ1n) is 5.66. The molecule has 0 radical (unpaired) electrons. The second-order valence-electron chi connectivity index (χ2n) is 3.98. The summed E-state index contributed by atoms with van der Waals surface area (Å²) in [5, 5.41) is 3.70. The van der Waals surface area contributed by atoms with Crippen molar-refractivity contribution in [1.82, 2.24) is 0 Å². The van der Waals surface area contributed by atoms with E-state index in [0.29, 0.717) is 32.3 Å². The van der Waals surface area contributed by atoms with Crippen molar-refractivity contribution in [1.29, 1.82) is 0 Å². The Hall–Kier alpha value is -1.42. The number of carbonyl (C=O) groups is 1. The highest BCUT2D eigenvalue weighted by molar-refractivity contribution is 6.43. The Morgan fingerprint density at radius 1 is 1.05 bits per heavy atom. The van der Waals surface area contributed by atoms with E-state index < -0.39 is 0 Å². The van der Waals surface area contributed by atoms with Crippen LogP contribution in [0.4, 0.5) is 5.69 Å². The lowest BCUT2D eigenvalue weighted by Gasteiger charge is -2.11. The summed E-state index contributed by atoms with van der Waals surface area (Å²) in [6.45, 7) is 1.42. The molecule has 0 unspecified atom stereocenters. The van der Waals surface area contributed by atoms with Crippen molar-refractivity contribution >= 4 is 46.4 Å². The third-order valence-corrected chi connectivity index (χ3v) is 3.49. The summed E-state index contributed by atoms with van der Waals surface area (Å²) in [5.41, 5.74) is 0.590. The zero-order chi connectivity index (χ0) is 14.7. The molecule has 20 heavy (non-hydrogen) atoms. The molecule has 0 saturated carbocycles. The van der Waals surface area contributed by atoms with E-state index >= 15 is 0 Å². The van der Waals surface area contributed by atoms with Gasteiger partial charge in [-0.3, -0.25) is 4.79 Å². The molecule has 1 N–H and O–H groups in total. The predicted octanol–water partition coefficient (Wildman–Crippen LogP) is 5.40. The van der Waals surface area contributed by atoms with E-state index in [9.17, 15) is 4.79 Å². The van der Waals surface area contributed by atoms with Gasteiger partial charge in [-0.05, 0) is 30.3 Å². The normalized spacial score (nSPS) is 10.2. The van der Waals surface area contributed by atoms with E-state index in [2.05, 4.69) is 5.32 Å². The molecule has 2 aromatic carbocycles. The highest BCUT2D eigenvalue weighted by Gasteiger charge is 2.10. The largest absolute Gasteiger partial charge is 0.454 e. The number of carbonyl (C=O) groups excluding carboxylic acids is 1. The number of amides is 1. The molecule has 2 rings (SSSR count). The van der Waals surface area contributed by atoms with Crippen molar-refractivity contribution in [2.75, 3.05) is 5.32 Å². The Morgan fingerprint density at radius 2 is 1.80 bits per heavy atom. The fourth-order valence-corrected chi connectivity index (χ4v) is 2.10. The number of ether oxygens (including phenoxy) is 1. The topological polar surface area (TPSA) is 38.3 Å². The number of nitrogens with one attached hydrogen (secondary N) is 1. The zero-order valence-corrected chi connectivity index (χ0v) is 12.7. The molecule has 0 aliphatic rings. The molecule has 0 aliphatic carbocycles. The molecule has 0 saturated heterocycles. The van der Waals surface area contributed by atoms with E-state index in [-0.39, 0.29) is 5.91 Å². The van der Waals surface area contributed by atoms with Crippen LogP contribution in [-0.2, 0) is 4.79 Å². The maximum Gasteiger partial charge on any atom is 0.221 e. The second kappa shape index (κ2) is 6.35. The molecule has 0 bridgehead atoms. The number of hydrogen-bond donors (Lipinski definition) is 1. The minimum atomic E-state index is -0.173. The molecule has 0 aromatic heterocycles. The average Bonchev–Trinajstić information content (AvgIpc) is 2.37. The van der Waals surface area contributed by atoms with Gasteiger partial charge in [0.15, 0.2) is 0 Å². The van der Waals surface area contributed by atoms with Crippen molar-refractivity contribution in [2.45, 2.75) is 6.92 Å². The molecule has 104 valence electrons. The first-order chi connectivity index (χ1) is 9.47. The summed E-state index contributed by atoms with van der Waals surface area (Å²) in [6, 6.07) is 10.00. The van der Waals surface area contributed by atoms with E-state index in [4.69, 9.17) is 39.5 Å². The minimum Gasteiger partial charge on any atom is -0.454 e. The Balaban J connectivity index is 2.26. The average molecular weight is 331 g/mol. The number of rotatable bonds is 3. The molecule has 1 amide bonds. The third-order valence-electron chi connectivity index (χ3n) is 2.39. The molecule has 0 fully saturated rings. The van der Waals surface area contributed by atoms with Gasteiger partial charge >= 0.3 is 0 Å². The third kappa shape index (κ3) is 3.57. The van der Waals surface area contributed by atoms with Gasteiger partial charge in [0, 0.05) is 12.6 Å². The molecule has 6 heteroatoms. The van der Waals surface area contributed by atoms with Crippen LogP contribution >= 0.6 is 34.8 Å². The summed E-state index contributed by atoms with van der Waals surface area (Å²) < 4.78 is 5.62. The van der Waals surface area contributed by atoms with Gasteiger partial charge in [0.25, 0.3) is 0 Å². The lowest BCUT2D eigenvalue weighted by atomic mass is 10.3. The number of benzene rings is 2. The van der Waals surface area contributed by atoms with Crippen LogP contribution in [0.2, 0.25) is 15.1 Å². The van der Waals surface area contributed by atoms with Crippen LogP contribution < -0.4 is 10.1 Å². The van der Waals surface area contributed by atoms with E-state index in [0.717, 1.165) is 0 Å². The second-order valence-corrected chi connectivity index (χ2v) is 5.17. The number of halogens is 3. The lowest BCUT2D eigenvalue weighted by molar-refractivity contribution is -0.114. The molecule has 0 aliphatic heterocycles. The minimum absolute atomic E-state index is 0.173. The fraction of sp³-hybridized carbons (Fsp3) is 0.0714. The van der Waals surface area contributed by atoms with Gasteiger partial charge < -0.3 is 10.1 Å². The van der Waals surface area contributed by atoms with E-state index in [1.165, 1.54) is 6.92 Å². The van der Waals surface area contributed by atoms with Gasteiger partial charge in [-0.1, -0.05) is 40.9 Å². The monoisotopic (exact) mass is 329 g/mol. The van der Waals surface area contributed by atoms with Gasteiger partial charge in [-0.2, -0.15) is 0 Å². The van der Waals surface area contributed by atoms with Gasteiger partial charge in [0.2, 0.25) is 5.91 Å². The molecule has 2 aromatic rings. The summed E-state index contributed by atoms with van der Waals surface area (Å²) in [4.78, 5) is 11.0. The Labute approximate surface area is 131 Å². The first kappa shape index (κ1) is 15.0. The number of anilines is 1. The van der Waals surface area contributed by atoms with Gasteiger partial charge in [-0.15, -0.1) is 0 Å². The molecule has 3 nitrogen and oxygen atoms in total. The summed E-state index contributed by atoms with van der Waals surface area (Å²) in [5.74, 6) is 0.658. The Bertz CT molecular complexity index is 659. The fourth-order valence-electron chi connectivity index (χ4n) is 1.55. The van der Waals surface area contributed by atoms with Crippen molar-refractivity contribution in [3.05, 3.63) is 51.5 Å². The number of hydrogen-bond acceptors (Lipinski definition) is 2. The Morgan fingerprint density at radius 3 is 2.45 bits per heavy atom. The SMILES string of the molecule is CC(=O)Nc1ccc(Oc2cccc(Cl)c2Cl)c(Cl)c1. The Kier molecular flexibility index (Phi) is 4.76. The van der Waals surface area contributed by atoms with Crippen LogP contribution in [0, 0.1) is 0 Å². The van der Waals surface area contributed by atoms with Crippen molar-refractivity contribution < 1.29 is 9.53 Å². The maximum atomic E-state index is 11.0. The zero-order valence-electron chi connectivity index (χ0n) is 10.4. The van der Waals surface area contributed by atoms with Crippen LogP contribution in [0.25, 0.3) is 0 Å². The molecule has 0 atom stereocenters. The predicted molar refractivity (Wildman–Crippen MR) is 82.3 cm³/mol. The van der Waals surface area contributed by atoms with E-state index in [1.807, 2.05) is 0 Å². The van der Waals surface area contributed by atoms with Crippen LogP contribution in [0.3, 0.4) is 0 Å². The van der Waals surface area contributed by atoms with Crippen molar-refractivity contribution in [3.8, 4) is 11.5 Å². The lowest BCUT2D eigenvalue weighted by Crippen LogP contribution is -2.05. The van der Waals surface area contributed by atoms with E-state index in [1.54, 1.807) is 36.4 Å². The summed E-state index contributed by atoms with van der Waals surface area (Å²) in [7, 11) is 0. The van der Waals surface area contributed by atoms with Crippen molar-refractivity contribution in [3.63, 3.8) is 0 Å². The highest BCUT2D eigenvalue weighted by atomic mass is 35.5. The smallest absolute Gasteiger partial charge is 0.221 e. The highest BCUT2D eigenvalue weighted by Crippen LogP contribution is 2.37. The van der Waals surface area contributed by atoms with Crippen molar-refractivity contribution in [2.24, 2.45) is 0 Å². The van der Waals surface area contributed by atoms with Crippen LogP contribution in [-0.4, -0.2) is 5.91 Å². The quantitative estimate of drug-likeness (QED) is 0.818. The first-order valence-corrected chi connectivity index (χ1v) is 6.80. The summed E-state index contributed by atoms with van der Waals surface area (Å²) in [6.07, 6.45) is 0. The molecular formula is C14H10Cl3NO2. The van der Waals surface area contributed by atoms with Gasteiger partial charge in [0.1, 0.15) is 16.5 Å². The standard InChI is InChI=1S/C14H10Cl3NO2/c1-8(19)18-9-5-6-12(11(16)7-9)20-13-4-2-3-10(15)14(13)17/h2-7H,1H3,(H,18,19). The molecule has 0 heterocycles.